The Kier molecular flexibility index (Phi) is 6.41. The highest BCUT2D eigenvalue weighted by Gasteiger charge is 2.22. The third-order valence-corrected chi connectivity index (χ3v) is 4.88. The molecule has 0 saturated carbocycles. The van der Waals surface area contributed by atoms with E-state index in [1.165, 1.54) is 44.1 Å². The van der Waals surface area contributed by atoms with Gasteiger partial charge in [-0.3, -0.25) is 0 Å². The van der Waals surface area contributed by atoms with Crippen LogP contribution >= 0.6 is 0 Å². The van der Waals surface area contributed by atoms with Crippen LogP contribution in [0.4, 0.5) is 0 Å². The molecule has 3 rings (SSSR count). The average Bonchev–Trinajstić information content (AvgIpc) is 3.29. The summed E-state index contributed by atoms with van der Waals surface area (Å²) in [6.07, 6.45) is 10.3. The lowest BCUT2D eigenvalue weighted by molar-refractivity contribution is 0.359. The number of nitrogens with one attached hydrogen (secondary N) is 1. The van der Waals surface area contributed by atoms with Crippen LogP contribution in [0.25, 0.3) is 11.4 Å². The van der Waals surface area contributed by atoms with Crippen LogP contribution in [0.2, 0.25) is 0 Å². The fraction of sp³-hybridized carbons (Fsp3) is 0.600. The number of aryl methyl sites for hydroxylation is 1. The summed E-state index contributed by atoms with van der Waals surface area (Å²) in [5.41, 5.74) is 2.45. The Labute approximate surface area is 145 Å². The van der Waals surface area contributed by atoms with Gasteiger partial charge in [0, 0.05) is 12.1 Å². The minimum absolute atomic E-state index is 0.373. The van der Waals surface area contributed by atoms with E-state index in [9.17, 15) is 0 Å². The Morgan fingerprint density at radius 1 is 1.08 bits per heavy atom. The molecule has 0 bridgehead atoms. The minimum atomic E-state index is 0.373. The molecule has 1 N–H and O–H groups in total. The zero-order valence-electron chi connectivity index (χ0n) is 14.8. The Morgan fingerprint density at radius 3 is 2.62 bits per heavy atom. The van der Waals surface area contributed by atoms with E-state index < -0.39 is 0 Å². The van der Waals surface area contributed by atoms with Gasteiger partial charge in [0.05, 0.1) is 5.92 Å². The van der Waals surface area contributed by atoms with Gasteiger partial charge in [-0.25, -0.2) is 0 Å². The van der Waals surface area contributed by atoms with Crippen molar-refractivity contribution < 1.29 is 4.52 Å². The van der Waals surface area contributed by atoms with Crippen LogP contribution in [-0.2, 0) is 6.42 Å². The van der Waals surface area contributed by atoms with Crippen molar-refractivity contribution in [3.05, 3.63) is 35.7 Å². The maximum Gasteiger partial charge on any atom is 0.231 e. The first-order valence-corrected chi connectivity index (χ1v) is 9.50. The van der Waals surface area contributed by atoms with E-state index >= 15 is 0 Å². The highest BCUT2D eigenvalue weighted by molar-refractivity contribution is 5.54. The molecule has 0 radical (unpaired) electrons. The van der Waals surface area contributed by atoms with Gasteiger partial charge in [0.15, 0.2) is 0 Å². The normalized spacial score (nSPS) is 17.5. The lowest BCUT2D eigenvalue weighted by Crippen LogP contribution is -2.08. The highest BCUT2D eigenvalue weighted by atomic mass is 16.5. The lowest BCUT2D eigenvalue weighted by atomic mass is 10.0. The number of nitrogens with zero attached hydrogens (tertiary/aromatic N) is 2. The van der Waals surface area contributed by atoms with Crippen molar-refractivity contribution in [1.82, 2.24) is 15.5 Å². The van der Waals surface area contributed by atoms with E-state index in [1.54, 1.807) is 0 Å². The molecule has 1 saturated heterocycles. The van der Waals surface area contributed by atoms with Gasteiger partial charge in [0.1, 0.15) is 0 Å². The van der Waals surface area contributed by atoms with E-state index in [-0.39, 0.29) is 0 Å². The molecule has 1 aromatic carbocycles. The SMILES string of the molecule is CCCCCCCCc1ccc(-c2noc(C3CCNC3)n2)cc1. The molecule has 1 unspecified atom stereocenters. The molecule has 1 atom stereocenters. The monoisotopic (exact) mass is 327 g/mol. The zero-order chi connectivity index (χ0) is 16.6. The first kappa shape index (κ1) is 17.2. The lowest BCUT2D eigenvalue weighted by Gasteiger charge is -2.03. The number of hydrogen-bond donors (Lipinski definition) is 1. The molecular weight excluding hydrogens is 298 g/mol. The molecule has 24 heavy (non-hydrogen) atoms. The van der Waals surface area contributed by atoms with Crippen molar-refractivity contribution >= 4 is 0 Å². The van der Waals surface area contributed by atoms with Gasteiger partial charge in [-0.2, -0.15) is 4.98 Å². The van der Waals surface area contributed by atoms with E-state index in [1.807, 2.05) is 0 Å². The summed E-state index contributed by atoms with van der Waals surface area (Å²) in [6.45, 7) is 4.24. The molecule has 1 aromatic heterocycles. The van der Waals surface area contributed by atoms with Crippen LogP contribution < -0.4 is 5.32 Å². The van der Waals surface area contributed by atoms with Gasteiger partial charge in [-0.05, 0) is 31.4 Å². The minimum Gasteiger partial charge on any atom is -0.339 e. The molecule has 4 nitrogen and oxygen atoms in total. The van der Waals surface area contributed by atoms with E-state index in [0.717, 1.165) is 37.4 Å². The van der Waals surface area contributed by atoms with Crippen molar-refractivity contribution in [1.29, 1.82) is 0 Å². The molecule has 1 aliphatic rings. The predicted molar refractivity (Wildman–Crippen MR) is 97.0 cm³/mol. The predicted octanol–water partition coefficient (Wildman–Crippen LogP) is 4.72. The standard InChI is InChI=1S/C20H29N3O/c1-2-3-4-5-6-7-8-16-9-11-17(12-10-16)19-22-20(24-23-19)18-13-14-21-15-18/h9-12,18,21H,2-8,13-15H2,1H3. The Hall–Kier alpha value is -1.68. The van der Waals surface area contributed by atoms with Gasteiger partial charge in [0.2, 0.25) is 11.7 Å². The molecule has 130 valence electrons. The van der Waals surface area contributed by atoms with Crippen LogP contribution in [-0.4, -0.2) is 23.2 Å². The second-order valence-corrected chi connectivity index (χ2v) is 6.86. The molecule has 1 fully saturated rings. The molecule has 1 aliphatic heterocycles. The second kappa shape index (κ2) is 8.97. The Morgan fingerprint density at radius 2 is 1.88 bits per heavy atom. The van der Waals surface area contributed by atoms with Crippen LogP contribution in [0.5, 0.6) is 0 Å². The highest BCUT2D eigenvalue weighted by Crippen LogP contribution is 2.24. The van der Waals surface area contributed by atoms with E-state index in [2.05, 4.69) is 46.6 Å². The first-order valence-electron chi connectivity index (χ1n) is 9.50. The number of benzene rings is 1. The molecule has 2 aromatic rings. The van der Waals surface area contributed by atoms with Crippen molar-refractivity contribution in [2.75, 3.05) is 13.1 Å². The maximum atomic E-state index is 5.44. The van der Waals surface area contributed by atoms with Gasteiger partial charge >= 0.3 is 0 Å². The zero-order valence-corrected chi connectivity index (χ0v) is 14.8. The van der Waals surface area contributed by atoms with Crippen LogP contribution in [0.15, 0.2) is 28.8 Å². The number of aromatic nitrogens is 2. The molecule has 4 heteroatoms. The maximum absolute atomic E-state index is 5.44. The van der Waals surface area contributed by atoms with Crippen molar-refractivity contribution in [2.24, 2.45) is 0 Å². The van der Waals surface area contributed by atoms with Crippen LogP contribution in [0.1, 0.15) is 69.2 Å². The van der Waals surface area contributed by atoms with Gasteiger partial charge < -0.3 is 9.84 Å². The fourth-order valence-corrected chi connectivity index (χ4v) is 3.31. The second-order valence-electron chi connectivity index (χ2n) is 6.86. The topological polar surface area (TPSA) is 51.0 Å². The summed E-state index contributed by atoms with van der Waals surface area (Å²) in [5.74, 6) is 1.85. The van der Waals surface area contributed by atoms with Gasteiger partial charge in [0.25, 0.3) is 0 Å². The first-order chi connectivity index (χ1) is 11.9. The Bertz CT molecular complexity index is 600. The third-order valence-electron chi connectivity index (χ3n) is 4.88. The number of hydrogen-bond acceptors (Lipinski definition) is 4. The van der Waals surface area contributed by atoms with Crippen molar-refractivity contribution in [3.63, 3.8) is 0 Å². The smallest absolute Gasteiger partial charge is 0.231 e. The molecule has 0 amide bonds. The molecular formula is C20H29N3O. The summed E-state index contributed by atoms with van der Waals surface area (Å²) in [7, 11) is 0. The quantitative estimate of drug-likeness (QED) is 0.677. The van der Waals surface area contributed by atoms with Crippen molar-refractivity contribution in [3.8, 4) is 11.4 Å². The summed E-state index contributed by atoms with van der Waals surface area (Å²) in [5, 5.41) is 7.49. The molecule has 0 aliphatic carbocycles. The van der Waals surface area contributed by atoms with Crippen LogP contribution in [0.3, 0.4) is 0 Å². The summed E-state index contributed by atoms with van der Waals surface area (Å²) in [4.78, 5) is 4.58. The summed E-state index contributed by atoms with van der Waals surface area (Å²) < 4.78 is 5.44. The molecule has 2 heterocycles. The van der Waals surface area contributed by atoms with E-state index in [4.69, 9.17) is 4.52 Å². The molecule has 0 spiro atoms. The third kappa shape index (κ3) is 4.67. The van der Waals surface area contributed by atoms with Gasteiger partial charge in [-0.1, -0.05) is 68.4 Å². The average molecular weight is 327 g/mol. The fourth-order valence-electron chi connectivity index (χ4n) is 3.31. The number of rotatable bonds is 9. The summed E-state index contributed by atoms with van der Waals surface area (Å²) >= 11 is 0. The van der Waals surface area contributed by atoms with Gasteiger partial charge in [-0.15, -0.1) is 0 Å². The largest absolute Gasteiger partial charge is 0.339 e. The van der Waals surface area contributed by atoms with E-state index in [0.29, 0.717) is 11.7 Å². The van der Waals surface area contributed by atoms with Crippen molar-refractivity contribution in [2.45, 2.75) is 64.2 Å². The number of unbranched alkanes of at least 4 members (excludes halogenated alkanes) is 5. The Balaban J connectivity index is 1.49. The van der Waals surface area contributed by atoms with Crippen LogP contribution in [0, 0.1) is 0 Å². The summed E-state index contributed by atoms with van der Waals surface area (Å²) in [6, 6.07) is 8.64.